The second-order valence-corrected chi connectivity index (χ2v) is 11.5. The highest BCUT2D eigenvalue weighted by atomic mass is 32.1. The molecular weight excluding hydrogens is 538 g/mol. The van der Waals surface area contributed by atoms with E-state index < -0.39 is 34.1 Å². The molecule has 1 N–H and O–H groups in total. The molecule has 0 bridgehead atoms. The van der Waals surface area contributed by atoms with Gasteiger partial charge in [-0.3, -0.25) is 24.5 Å². The molecule has 0 unspecified atom stereocenters. The Balaban J connectivity index is 1.55. The van der Waals surface area contributed by atoms with Crippen molar-refractivity contribution in [2.45, 2.75) is 24.4 Å². The van der Waals surface area contributed by atoms with E-state index in [4.69, 9.17) is 0 Å². The van der Waals surface area contributed by atoms with Crippen molar-refractivity contribution in [2.24, 2.45) is 5.92 Å². The van der Waals surface area contributed by atoms with Crippen LogP contribution in [0.25, 0.3) is 5.57 Å². The number of amides is 1. The van der Waals surface area contributed by atoms with Gasteiger partial charge in [-0.25, -0.2) is 0 Å². The summed E-state index contributed by atoms with van der Waals surface area (Å²) >= 11 is 1.28. The van der Waals surface area contributed by atoms with Gasteiger partial charge in [0.2, 0.25) is 5.91 Å². The zero-order valence-electron chi connectivity index (χ0n) is 21.8. The number of allylic oxidation sites excluding steroid dienone is 1. The SMILES string of the molecule is CC1=C[C@H]2N(c3ccccc31)[C@@H](C(=O)c1cccs1)[C@@H](C(=O)c1cccc([N+](=O)[O-])c1)[C@]21C(=O)Nc2ccccc21. The minimum atomic E-state index is -1.47. The Morgan fingerprint density at radius 1 is 0.976 bits per heavy atom. The van der Waals surface area contributed by atoms with Gasteiger partial charge < -0.3 is 10.2 Å². The number of ketones is 2. The highest BCUT2D eigenvalue weighted by Gasteiger charge is 2.70. The van der Waals surface area contributed by atoms with E-state index in [0.29, 0.717) is 16.1 Å². The lowest BCUT2D eigenvalue weighted by Crippen LogP contribution is -2.51. The topological polar surface area (TPSA) is 110 Å². The molecule has 1 fully saturated rings. The third kappa shape index (κ3) is 3.42. The number of anilines is 2. The number of benzene rings is 3. The highest BCUT2D eigenvalue weighted by Crippen LogP contribution is 2.59. The van der Waals surface area contributed by atoms with Gasteiger partial charge in [0.05, 0.1) is 21.8 Å². The molecule has 4 heterocycles. The van der Waals surface area contributed by atoms with Gasteiger partial charge in [-0.2, -0.15) is 0 Å². The molecular formula is C32H23N3O5S. The standard InChI is InChI=1S/C32H23N3O5S/c1-18-16-26-32(22-11-3-4-12-23(22)33-31(32)38)27(29(36)19-8-6-9-20(17-19)35(39)40)28(30(37)25-14-7-15-41-25)34(26)24-13-5-2-10-21(18)24/h2-17,26-28H,1H3,(H,33,38)/t26-,27+,28-,32-/m1/s1. The fourth-order valence-corrected chi connectivity index (χ4v) is 7.60. The Hall–Kier alpha value is -4.89. The molecule has 41 heavy (non-hydrogen) atoms. The summed E-state index contributed by atoms with van der Waals surface area (Å²) in [7, 11) is 0. The lowest BCUT2D eigenvalue weighted by atomic mass is 9.64. The normalized spacial score (nSPS) is 23.8. The number of nitrogens with one attached hydrogen (secondary N) is 1. The van der Waals surface area contributed by atoms with Crippen molar-refractivity contribution in [2.75, 3.05) is 10.2 Å². The van der Waals surface area contributed by atoms with E-state index in [-0.39, 0.29) is 22.9 Å². The van der Waals surface area contributed by atoms with Crippen LogP contribution in [0.15, 0.2) is 96.4 Å². The number of nitrogens with zero attached hydrogens (tertiary/aromatic N) is 2. The maximum atomic E-state index is 14.8. The first kappa shape index (κ1) is 25.1. The quantitative estimate of drug-likeness (QED) is 0.185. The van der Waals surface area contributed by atoms with Crippen LogP contribution in [0.1, 0.15) is 38.1 Å². The number of fused-ring (bicyclic) bond motifs is 6. The average molecular weight is 562 g/mol. The lowest BCUT2D eigenvalue weighted by molar-refractivity contribution is -0.384. The molecule has 0 radical (unpaired) electrons. The third-order valence-electron chi connectivity index (χ3n) is 8.54. The summed E-state index contributed by atoms with van der Waals surface area (Å²) in [5.41, 5.74) is 2.21. The summed E-state index contributed by atoms with van der Waals surface area (Å²) in [6.45, 7) is 1.97. The molecule has 1 saturated heterocycles. The predicted octanol–water partition coefficient (Wildman–Crippen LogP) is 5.90. The molecule has 1 amide bonds. The number of rotatable bonds is 5. The largest absolute Gasteiger partial charge is 0.352 e. The van der Waals surface area contributed by atoms with E-state index in [0.717, 1.165) is 16.8 Å². The van der Waals surface area contributed by atoms with Crippen LogP contribution in [-0.4, -0.2) is 34.5 Å². The van der Waals surface area contributed by atoms with Gasteiger partial charge >= 0.3 is 0 Å². The van der Waals surface area contributed by atoms with E-state index >= 15 is 0 Å². The zero-order valence-corrected chi connectivity index (χ0v) is 22.6. The summed E-state index contributed by atoms with van der Waals surface area (Å²) in [6.07, 6.45) is 1.99. The van der Waals surface area contributed by atoms with E-state index in [2.05, 4.69) is 5.32 Å². The first-order valence-electron chi connectivity index (χ1n) is 13.2. The molecule has 9 heteroatoms. The Kier molecular flexibility index (Phi) is 5.55. The van der Waals surface area contributed by atoms with E-state index in [1.165, 1.54) is 35.6 Å². The molecule has 4 aromatic rings. The van der Waals surface area contributed by atoms with Crippen molar-refractivity contribution in [3.8, 4) is 0 Å². The molecule has 3 aliphatic rings. The number of carbonyl (C=O) groups excluding carboxylic acids is 3. The second kappa shape index (κ2) is 9.07. The van der Waals surface area contributed by atoms with Crippen molar-refractivity contribution < 1.29 is 19.3 Å². The molecule has 1 spiro atoms. The van der Waals surface area contributed by atoms with Crippen molar-refractivity contribution in [3.63, 3.8) is 0 Å². The molecule has 202 valence electrons. The van der Waals surface area contributed by atoms with Gasteiger partial charge in [-0.1, -0.05) is 60.7 Å². The highest BCUT2D eigenvalue weighted by molar-refractivity contribution is 7.12. The fourth-order valence-electron chi connectivity index (χ4n) is 6.90. The summed E-state index contributed by atoms with van der Waals surface area (Å²) in [6, 6.07) is 22.3. The van der Waals surface area contributed by atoms with Crippen LogP contribution in [0.3, 0.4) is 0 Å². The van der Waals surface area contributed by atoms with Gasteiger partial charge in [-0.05, 0) is 41.6 Å². The van der Waals surface area contributed by atoms with Crippen LogP contribution in [0.2, 0.25) is 0 Å². The van der Waals surface area contributed by atoms with Crippen LogP contribution in [0, 0.1) is 16.0 Å². The van der Waals surface area contributed by atoms with Crippen LogP contribution < -0.4 is 10.2 Å². The molecule has 1 aromatic heterocycles. The van der Waals surface area contributed by atoms with Gasteiger partial charge in [-0.15, -0.1) is 11.3 Å². The number of carbonyl (C=O) groups is 3. The molecule has 0 aliphatic carbocycles. The summed E-state index contributed by atoms with van der Waals surface area (Å²) in [5.74, 6) is -2.32. The number of nitro benzene ring substituents is 1. The Morgan fingerprint density at radius 3 is 2.54 bits per heavy atom. The van der Waals surface area contributed by atoms with Crippen molar-refractivity contribution in [1.82, 2.24) is 0 Å². The Morgan fingerprint density at radius 2 is 1.76 bits per heavy atom. The maximum Gasteiger partial charge on any atom is 0.270 e. The number of Topliss-reactive ketones (excluding diaryl/α,β-unsaturated/α-hetero) is 2. The van der Waals surface area contributed by atoms with Gasteiger partial charge in [0, 0.05) is 34.6 Å². The molecule has 4 atom stereocenters. The minimum Gasteiger partial charge on any atom is -0.352 e. The van der Waals surface area contributed by atoms with E-state index in [1.807, 2.05) is 60.4 Å². The van der Waals surface area contributed by atoms with Gasteiger partial charge in [0.25, 0.3) is 5.69 Å². The number of non-ortho nitro benzene ring substituents is 1. The number of nitro groups is 1. The second-order valence-electron chi connectivity index (χ2n) is 10.5. The number of hydrogen-bond donors (Lipinski definition) is 1. The van der Waals surface area contributed by atoms with Gasteiger partial charge in [0.15, 0.2) is 11.6 Å². The maximum absolute atomic E-state index is 14.8. The van der Waals surface area contributed by atoms with Crippen molar-refractivity contribution in [1.29, 1.82) is 0 Å². The first-order valence-corrected chi connectivity index (χ1v) is 14.1. The van der Waals surface area contributed by atoms with Gasteiger partial charge in [0.1, 0.15) is 11.5 Å². The van der Waals surface area contributed by atoms with E-state index in [9.17, 15) is 24.5 Å². The van der Waals surface area contributed by atoms with Crippen LogP contribution in [0.4, 0.5) is 17.1 Å². The minimum absolute atomic E-state index is 0.0820. The molecule has 3 aromatic carbocycles. The lowest BCUT2D eigenvalue weighted by Gasteiger charge is -2.39. The number of hydrogen-bond acceptors (Lipinski definition) is 7. The summed E-state index contributed by atoms with van der Waals surface area (Å²) < 4.78 is 0. The van der Waals surface area contributed by atoms with Crippen LogP contribution in [-0.2, 0) is 10.2 Å². The van der Waals surface area contributed by atoms with Crippen LogP contribution in [0.5, 0.6) is 0 Å². The number of para-hydroxylation sites is 2. The first-order chi connectivity index (χ1) is 19.8. The third-order valence-corrected chi connectivity index (χ3v) is 9.42. The van der Waals surface area contributed by atoms with Crippen molar-refractivity contribution >= 4 is 51.4 Å². The molecule has 3 aliphatic heterocycles. The molecule has 0 saturated carbocycles. The smallest absolute Gasteiger partial charge is 0.270 e. The Labute approximate surface area is 239 Å². The monoisotopic (exact) mass is 561 g/mol. The summed E-state index contributed by atoms with van der Waals surface area (Å²) in [4.78, 5) is 57.1. The predicted molar refractivity (Wildman–Crippen MR) is 156 cm³/mol. The Bertz CT molecular complexity index is 1810. The van der Waals surface area contributed by atoms with E-state index in [1.54, 1.807) is 23.6 Å². The van der Waals surface area contributed by atoms with Crippen LogP contribution >= 0.6 is 11.3 Å². The van der Waals surface area contributed by atoms with Crippen molar-refractivity contribution in [3.05, 3.63) is 128 Å². The molecule has 7 rings (SSSR count). The molecule has 8 nitrogen and oxygen atoms in total. The zero-order chi connectivity index (χ0) is 28.5. The average Bonchev–Trinajstić information content (AvgIpc) is 3.70. The fraction of sp³-hybridized carbons (Fsp3) is 0.156. The summed E-state index contributed by atoms with van der Waals surface area (Å²) in [5, 5.41) is 16.4. The number of thiophene rings is 1.